The molecule has 1 N–H and O–H groups in total. The van der Waals surface area contributed by atoms with Crippen molar-refractivity contribution >= 4 is 45.2 Å². The number of nitrogens with zero attached hydrogens (tertiary/aromatic N) is 1. The minimum atomic E-state index is -0.475. The third-order valence-electron chi connectivity index (χ3n) is 3.28. The summed E-state index contributed by atoms with van der Waals surface area (Å²) in [6, 6.07) is 8.88. The second kappa shape index (κ2) is 9.90. The third-order valence-corrected chi connectivity index (χ3v) is 4.85. The third kappa shape index (κ3) is 5.94. The van der Waals surface area contributed by atoms with Crippen molar-refractivity contribution in [2.75, 3.05) is 6.61 Å². The molecule has 0 aliphatic rings. The summed E-state index contributed by atoms with van der Waals surface area (Å²) in [6.45, 7) is 3.81. The van der Waals surface area contributed by atoms with E-state index in [0.29, 0.717) is 28.9 Å². The molecule has 8 heteroatoms. The first kappa shape index (κ1) is 20.7. The van der Waals surface area contributed by atoms with Gasteiger partial charge in [0.1, 0.15) is 11.6 Å². The summed E-state index contributed by atoms with van der Waals surface area (Å²) in [6.07, 6.45) is 1.45. The van der Waals surface area contributed by atoms with E-state index in [1.165, 1.54) is 24.3 Å². The van der Waals surface area contributed by atoms with Crippen LogP contribution in [0.1, 0.15) is 24.3 Å². The predicted octanol–water partition coefficient (Wildman–Crippen LogP) is 4.06. The molecule has 0 aliphatic heterocycles. The molecule has 0 fully saturated rings. The lowest BCUT2D eigenvalue weighted by Gasteiger charge is -2.12. The highest BCUT2D eigenvalue weighted by Gasteiger charge is 2.15. The zero-order valence-electron chi connectivity index (χ0n) is 14.7. The van der Waals surface area contributed by atoms with Crippen molar-refractivity contribution in [2.24, 2.45) is 0 Å². The number of rotatable bonds is 7. The topological polar surface area (TPSA) is 88.4 Å². The lowest BCUT2D eigenvalue weighted by molar-refractivity contribution is -0.132. The molecule has 1 amide bonds. The molecule has 2 aromatic rings. The van der Waals surface area contributed by atoms with Crippen LogP contribution in [0, 0.1) is 11.3 Å². The SMILES string of the molecule is CCOc1cc(C=C(C#N)C(=O)NCc2cccs2)c(Br)cc1OC(C)=O. The van der Waals surface area contributed by atoms with Crippen LogP contribution in [-0.4, -0.2) is 18.5 Å². The second-order valence-electron chi connectivity index (χ2n) is 5.28. The van der Waals surface area contributed by atoms with Crippen molar-refractivity contribution in [3.8, 4) is 17.6 Å². The van der Waals surface area contributed by atoms with E-state index >= 15 is 0 Å². The van der Waals surface area contributed by atoms with E-state index in [1.807, 2.05) is 23.6 Å². The van der Waals surface area contributed by atoms with Gasteiger partial charge in [0, 0.05) is 16.3 Å². The van der Waals surface area contributed by atoms with Gasteiger partial charge < -0.3 is 14.8 Å². The lowest BCUT2D eigenvalue weighted by atomic mass is 10.1. The maximum Gasteiger partial charge on any atom is 0.308 e. The van der Waals surface area contributed by atoms with Crippen molar-refractivity contribution in [2.45, 2.75) is 20.4 Å². The first-order valence-electron chi connectivity index (χ1n) is 8.01. The Balaban J connectivity index is 2.28. The van der Waals surface area contributed by atoms with Crippen LogP contribution in [0.25, 0.3) is 6.08 Å². The molecule has 0 saturated carbocycles. The molecule has 0 spiro atoms. The summed E-state index contributed by atoms with van der Waals surface area (Å²) in [5.74, 6) is -0.343. The standard InChI is InChI=1S/C19H17BrN2O4S/c1-3-25-17-8-13(16(20)9-18(17)26-12(2)23)7-14(10-21)19(24)22-11-15-5-4-6-27-15/h4-9H,3,11H2,1-2H3,(H,22,24). The fraction of sp³-hybridized carbons (Fsp3) is 0.211. The molecule has 0 aliphatic carbocycles. The summed E-state index contributed by atoms with van der Waals surface area (Å²) >= 11 is 4.89. The average molecular weight is 449 g/mol. The van der Waals surface area contributed by atoms with Crippen molar-refractivity contribution in [1.29, 1.82) is 5.26 Å². The van der Waals surface area contributed by atoms with Crippen LogP contribution in [0.15, 0.2) is 39.7 Å². The molecular formula is C19H17BrN2O4S. The molecule has 1 aromatic heterocycles. The quantitative estimate of drug-likeness (QED) is 0.298. The number of carbonyl (C=O) groups is 2. The lowest BCUT2D eigenvalue weighted by Crippen LogP contribution is -2.23. The molecule has 0 bridgehead atoms. The van der Waals surface area contributed by atoms with E-state index in [0.717, 1.165) is 4.88 Å². The summed E-state index contributed by atoms with van der Waals surface area (Å²) < 4.78 is 11.2. The smallest absolute Gasteiger partial charge is 0.308 e. The highest BCUT2D eigenvalue weighted by atomic mass is 79.9. The number of nitriles is 1. The molecule has 140 valence electrons. The zero-order chi connectivity index (χ0) is 19.8. The molecule has 0 saturated heterocycles. The summed E-state index contributed by atoms with van der Waals surface area (Å²) in [7, 11) is 0. The van der Waals surface area contributed by atoms with E-state index in [2.05, 4.69) is 21.2 Å². The van der Waals surface area contributed by atoms with Gasteiger partial charge in [0.25, 0.3) is 5.91 Å². The summed E-state index contributed by atoms with van der Waals surface area (Å²) in [4.78, 5) is 24.5. The molecule has 6 nitrogen and oxygen atoms in total. The van der Waals surface area contributed by atoms with E-state index in [1.54, 1.807) is 19.1 Å². The first-order chi connectivity index (χ1) is 12.9. The van der Waals surface area contributed by atoms with Crippen molar-refractivity contribution < 1.29 is 19.1 Å². The van der Waals surface area contributed by atoms with Gasteiger partial charge in [0.15, 0.2) is 11.5 Å². The number of benzene rings is 1. The van der Waals surface area contributed by atoms with Crippen LogP contribution in [0.3, 0.4) is 0 Å². The van der Waals surface area contributed by atoms with Gasteiger partial charge in [-0.1, -0.05) is 22.0 Å². The molecule has 1 heterocycles. The number of carbonyl (C=O) groups excluding carboxylic acids is 2. The van der Waals surface area contributed by atoms with Crippen LogP contribution >= 0.6 is 27.3 Å². The monoisotopic (exact) mass is 448 g/mol. The van der Waals surface area contributed by atoms with Gasteiger partial charge in [-0.05, 0) is 42.1 Å². The number of thiophene rings is 1. The fourth-order valence-electron chi connectivity index (χ4n) is 2.14. The van der Waals surface area contributed by atoms with E-state index < -0.39 is 11.9 Å². The summed E-state index contributed by atoms with van der Waals surface area (Å²) in [5.41, 5.74) is 0.507. The van der Waals surface area contributed by atoms with E-state index in [-0.39, 0.29) is 11.3 Å². The van der Waals surface area contributed by atoms with Gasteiger partial charge in [-0.3, -0.25) is 9.59 Å². The van der Waals surface area contributed by atoms with Crippen LogP contribution < -0.4 is 14.8 Å². The summed E-state index contributed by atoms with van der Waals surface area (Å²) in [5, 5.41) is 14.0. The second-order valence-corrected chi connectivity index (χ2v) is 7.17. The van der Waals surface area contributed by atoms with E-state index in [9.17, 15) is 14.9 Å². The molecule has 27 heavy (non-hydrogen) atoms. The molecule has 0 radical (unpaired) electrons. The number of hydrogen-bond acceptors (Lipinski definition) is 6. The average Bonchev–Trinajstić information content (AvgIpc) is 3.14. The predicted molar refractivity (Wildman–Crippen MR) is 106 cm³/mol. The van der Waals surface area contributed by atoms with Crippen LogP contribution in [0.5, 0.6) is 11.5 Å². The van der Waals surface area contributed by atoms with E-state index in [4.69, 9.17) is 9.47 Å². The molecular weight excluding hydrogens is 432 g/mol. The van der Waals surface area contributed by atoms with Crippen LogP contribution in [-0.2, 0) is 16.1 Å². The van der Waals surface area contributed by atoms with Crippen molar-refractivity contribution in [3.63, 3.8) is 0 Å². The van der Waals surface area contributed by atoms with Crippen LogP contribution in [0.4, 0.5) is 0 Å². The Hall–Kier alpha value is -2.63. The number of amides is 1. The molecule has 0 unspecified atom stereocenters. The first-order valence-corrected chi connectivity index (χ1v) is 9.69. The molecule has 0 atom stereocenters. The number of halogens is 1. The fourth-order valence-corrected chi connectivity index (χ4v) is 3.23. The molecule has 1 aromatic carbocycles. The van der Waals surface area contributed by atoms with Gasteiger partial charge in [0.2, 0.25) is 0 Å². The minimum absolute atomic E-state index is 0.0464. The van der Waals surface area contributed by atoms with Crippen molar-refractivity contribution in [1.82, 2.24) is 5.32 Å². The Labute approximate surface area is 169 Å². The van der Waals surface area contributed by atoms with Gasteiger partial charge in [0.05, 0.1) is 13.2 Å². The maximum atomic E-state index is 12.3. The Morgan fingerprint density at radius 3 is 2.74 bits per heavy atom. The largest absolute Gasteiger partial charge is 0.490 e. The maximum absolute atomic E-state index is 12.3. The number of nitrogens with one attached hydrogen (secondary N) is 1. The molecule has 2 rings (SSSR count). The normalized spacial score (nSPS) is 10.8. The minimum Gasteiger partial charge on any atom is -0.490 e. The number of ether oxygens (including phenoxy) is 2. The van der Waals surface area contributed by atoms with Crippen molar-refractivity contribution in [3.05, 3.63) is 50.1 Å². The number of esters is 1. The van der Waals surface area contributed by atoms with Gasteiger partial charge in [-0.15, -0.1) is 11.3 Å². The Bertz CT molecular complexity index is 901. The van der Waals surface area contributed by atoms with Gasteiger partial charge >= 0.3 is 5.97 Å². The Morgan fingerprint density at radius 2 is 2.15 bits per heavy atom. The highest BCUT2D eigenvalue weighted by molar-refractivity contribution is 9.10. The Kier molecular flexibility index (Phi) is 7.58. The zero-order valence-corrected chi connectivity index (χ0v) is 17.1. The van der Waals surface area contributed by atoms with Gasteiger partial charge in [-0.25, -0.2) is 0 Å². The van der Waals surface area contributed by atoms with Gasteiger partial charge in [-0.2, -0.15) is 5.26 Å². The Morgan fingerprint density at radius 1 is 1.37 bits per heavy atom. The highest BCUT2D eigenvalue weighted by Crippen LogP contribution is 2.35. The number of hydrogen-bond donors (Lipinski definition) is 1. The van der Waals surface area contributed by atoms with Crippen LogP contribution in [0.2, 0.25) is 0 Å².